The van der Waals surface area contributed by atoms with E-state index in [1.54, 1.807) is 24.3 Å². The average molecular weight is 498 g/mol. The van der Waals surface area contributed by atoms with E-state index in [-0.39, 0.29) is 19.0 Å². The molecule has 1 aliphatic heterocycles. The third-order valence-electron chi connectivity index (χ3n) is 5.21. The summed E-state index contributed by atoms with van der Waals surface area (Å²) in [5.41, 5.74) is 2.23. The van der Waals surface area contributed by atoms with Crippen molar-refractivity contribution >= 4 is 39.1 Å². The summed E-state index contributed by atoms with van der Waals surface area (Å²) in [6.45, 7) is 0.398. The molecule has 1 heterocycles. The van der Waals surface area contributed by atoms with Gasteiger partial charge in [-0.1, -0.05) is 46.3 Å². The maximum atomic E-state index is 14.1. The molecule has 164 valence electrons. The van der Waals surface area contributed by atoms with E-state index in [2.05, 4.69) is 26.6 Å². The monoisotopic (exact) mass is 497 g/mol. The van der Waals surface area contributed by atoms with Gasteiger partial charge in [-0.25, -0.2) is 4.39 Å². The summed E-state index contributed by atoms with van der Waals surface area (Å²) >= 11 is 3.36. The Morgan fingerprint density at radius 2 is 1.97 bits per heavy atom. The Hall–Kier alpha value is -3.39. The van der Waals surface area contributed by atoms with Crippen molar-refractivity contribution in [2.75, 3.05) is 23.9 Å². The van der Waals surface area contributed by atoms with Gasteiger partial charge in [-0.05, 0) is 42.0 Å². The molecule has 0 saturated carbocycles. The zero-order valence-corrected chi connectivity index (χ0v) is 18.9. The Morgan fingerprint density at radius 1 is 1.19 bits per heavy atom. The van der Waals surface area contributed by atoms with Crippen molar-refractivity contribution in [3.63, 3.8) is 0 Å². The number of ether oxygens (including phenoxy) is 1. The molecule has 0 saturated heterocycles. The summed E-state index contributed by atoms with van der Waals surface area (Å²) < 4.78 is 20.1. The van der Waals surface area contributed by atoms with E-state index in [1.165, 1.54) is 24.1 Å². The van der Waals surface area contributed by atoms with Crippen molar-refractivity contribution < 1.29 is 18.7 Å². The minimum Gasteiger partial charge on any atom is -0.496 e. The summed E-state index contributed by atoms with van der Waals surface area (Å²) in [5.74, 6) is -0.836. The first-order chi connectivity index (χ1) is 15.5. The lowest BCUT2D eigenvalue weighted by Crippen LogP contribution is -2.50. The van der Waals surface area contributed by atoms with Crippen molar-refractivity contribution in [2.45, 2.75) is 12.6 Å². The maximum absolute atomic E-state index is 14.1. The second-order valence-corrected chi connectivity index (χ2v) is 8.24. The molecule has 6 nitrogen and oxygen atoms in total. The largest absolute Gasteiger partial charge is 0.496 e. The van der Waals surface area contributed by atoms with Gasteiger partial charge in [0, 0.05) is 11.0 Å². The number of anilines is 2. The van der Waals surface area contributed by atoms with Gasteiger partial charge >= 0.3 is 0 Å². The molecule has 2 N–H and O–H groups in total. The van der Waals surface area contributed by atoms with Crippen LogP contribution in [0.15, 0.2) is 71.2 Å². The highest BCUT2D eigenvalue weighted by Gasteiger charge is 2.32. The molecule has 32 heavy (non-hydrogen) atoms. The maximum Gasteiger partial charge on any atom is 0.255 e. The van der Waals surface area contributed by atoms with Crippen LogP contribution in [0.2, 0.25) is 0 Å². The van der Waals surface area contributed by atoms with E-state index in [9.17, 15) is 14.0 Å². The predicted molar refractivity (Wildman–Crippen MR) is 124 cm³/mol. The number of benzene rings is 3. The van der Waals surface area contributed by atoms with E-state index in [4.69, 9.17) is 4.74 Å². The van der Waals surface area contributed by atoms with Crippen molar-refractivity contribution in [1.29, 1.82) is 0 Å². The molecule has 0 aromatic heterocycles. The van der Waals surface area contributed by atoms with Crippen LogP contribution >= 0.6 is 15.9 Å². The van der Waals surface area contributed by atoms with Crippen LogP contribution in [-0.2, 0) is 11.3 Å². The first-order valence-corrected chi connectivity index (χ1v) is 10.8. The zero-order valence-electron chi connectivity index (χ0n) is 17.3. The predicted octanol–water partition coefficient (Wildman–Crippen LogP) is 4.35. The first kappa shape index (κ1) is 21.8. The average Bonchev–Trinajstić information content (AvgIpc) is 2.92. The second kappa shape index (κ2) is 9.40. The Kier molecular flexibility index (Phi) is 6.41. The molecule has 8 heteroatoms. The second-order valence-electron chi connectivity index (χ2n) is 7.32. The molecule has 4 rings (SSSR count). The fourth-order valence-corrected chi connectivity index (χ4v) is 3.98. The molecule has 0 aliphatic carbocycles. The molecular weight excluding hydrogens is 477 g/mol. The number of hydrogen-bond donors (Lipinski definition) is 2. The molecule has 1 atom stereocenters. The van der Waals surface area contributed by atoms with Crippen LogP contribution in [0.4, 0.5) is 15.8 Å². The minimum atomic E-state index is -0.870. The molecule has 3 aromatic rings. The van der Waals surface area contributed by atoms with Gasteiger partial charge in [0.25, 0.3) is 11.8 Å². The molecule has 0 spiro atoms. The Labute approximate surface area is 193 Å². The van der Waals surface area contributed by atoms with Gasteiger partial charge in [0.15, 0.2) is 0 Å². The molecule has 0 fully saturated rings. The molecule has 0 bridgehead atoms. The van der Waals surface area contributed by atoms with Crippen molar-refractivity contribution in [2.24, 2.45) is 0 Å². The molecular formula is C24H21BrFN3O3. The highest BCUT2D eigenvalue weighted by Crippen LogP contribution is 2.31. The number of nitrogens with zero attached hydrogens (tertiary/aromatic N) is 1. The van der Waals surface area contributed by atoms with Crippen molar-refractivity contribution in [1.82, 2.24) is 5.32 Å². The Bertz CT molecular complexity index is 1160. The van der Waals surface area contributed by atoms with Gasteiger partial charge in [-0.2, -0.15) is 0 Å². The quantitative estimate of drug-likeness (QED) is 0.549. The summed E-state index contributed by atoms with van der Waals surface area (Å²) in [4.78, 5) is 28.0. The van der Waals surface area contributed by atoms with Gasteiger partial charge in [0.1, 0.15) is 17.6 Å². The van der Waals surface area contributed by atoms with Crippen LogP contribution in [0, 0.1) is 5.82 Å². The van der Waals surface area contributed by atoms with Gasteiger partial charge in [0.05, 0.1) is 30.6 Å². The van der Waals surface area contributed by atoms with Crippen LogP contribution in [0.25, 0.3) is 0 Å². The van der Waals surface area contributed by atoms with E-state index >= 15 is 0 Å². The number of halogens is 2. The number of amides is 2. The number of fused-ring (bicyclic) bond motifs is 1. The summed E-state index contributed by atoms with van der Waals surface area (Å²) in [6, 6.07) is 17.9. The summed E-state index contributed by atoms with van der Waals surface area (Å²) in [7, 11) is 1.48. The van der Waals surface area contributed by atoms with Gasteiger partial charge in [-0.3, -0.25) is 9.59 Å². The third kappa shape index (κ3) is 4.60. The Morgan fingerprint density at radius 3 is 2.72 bits per heavy atom. The highest BCUT2D eigenvalue weighted by atomic mass is 79.9. The first-order valence-electron chi connectivity index (χ1n) is 9.99. The normalized spacial score (nSPS) is 15.4. The van der Waals surface area contributed by atoms with E-state index < -0.39 is 17.8 Å². The van der Waals surface area contributed by atoms with E-state index in [1.807, 2.05) is 30.3 Å². The molecule has 1 unspecified atom stereocenters. The van der Waals surface area contributed by atoms with Crippen LogP contribution in [-0.4, -0.2) is 31.5 Å². The molecule has 1 aliphatic rings. The molecule has 2 amide bonds. The topological polar surface area (TPSA) is 70.7 Å². The van der Waals surface area contributed by atoms with Gasteiger partial charge < -0.3 is 20.3 Å². The SMILES string of the molecule is COc1ccc(Br)cc1C(=O)NC1CNc2ccc(F)cc2N(Cc2ccccc2)C1=O. The van der Waals surface area contributed by atoms with Crippen LogP contribution in [0.5, 0.6) is 5.75 Å². The van der Waals surface area contributed by atoms with Crippen molar-refractivity contribution in [3.05, 3.63) is 88.1 Å². The number of hydrogen-bond acceptors (Lipinski definition) is 4. The number of rotatable bonds is 5. The zero-order chi connectivity index (χ0) is 22.7. The minimum absolute atomic E-state index is 0.158. The Balaban J connectivity index is 1.65. The van der Waals surface area contributed by atoms with Crippen LogP contribution in [0.1, 0.15) is 15.9 Å². The smallest absolute Gasteiger partial charge is 0.255 e. The number of methoxy groups -OCH3 is 1. The number of nitrogens with one attached hydrogen (secondary N) is 2. The van der Waals surface area contributed by atoms with Gasteiger partial charge in [0.2, 0.25) is 0 Å². The molecule has 0 radical (unpaired) electrons. The lowest BCUT2D eigenvalue weighted by atomic mass is 10.1. The van der Waals surface area contributed by atoms with Crippen molar-refractivity contribution in [3.8, 4) is 5.75 Å². The summed E-state index contributed by atoms with van der Waals surface area (Å²) in [5, 5.41) is 5.97. The fourth-order valence-electron chi connectivity index (χ4n) is 3.62. The summed E-state index contributed by atoms with van der Waals surface area (Å²) in [6.07, 6.45) is 0. The van der Waals surface area contributed by atoms with E-state index in [0.29, 0.717) is 27.2 Å². The van der Waals surface area contributed by atoms with E-state index in [0.717, 1.165) is 5.56 Å². The lowest BCUT2D eigenvalue weighted by molar-refractivity contribution is -0.120. The standard InChI is InChI=1S/C24H21BrFN3O3/c1-32-22-10-7-16(25)11-18(22)23(30)28-20-13-27-19-9-8-17(26)12-21(19)29(24(20)31)14-15-5-3-2-4-6-15/h2-12,20,27H,13-14H2,1H3,(H,28,30). The fraction of sp³-hybridized carbons (Fsp3) is 0.167. The third-order valence-corrected chi connectivity index (χ3v) is 5.70. The highest BCUT2D eigenvalue weighted by molar-refractivity contribution is 9.10. The number of carbonyl (C=O) groups excluding carboxylic acids is 2. The van der Waals surface area contributed by atoms with Crippen LogP contribution in [0.3, 0.4) is 0 Å². The lowest BCUT2D eigenvalue weighted by Gasteiger charge is -2.26. The number of carbonyl (C=O) groups is 2. The van der Waals surface area contributed by atoms with Gasteiger partial charge in [-0.15, -0.1) is 0 Å². The van der Waals surface area contributed by atoms with Crippen LogP contribution < -0.4 is 20.3 Å². The molecule has 3 aromatic carbocycles.